The number of carbonyl (C=O) groups excluding carboxylic acids is 2. The van der Waals surface area contributed by atoms with Crippen molar-refractivity contribution in [3.8, 4) is 0 Å². The van der Waals surface area contributed by atoms with Gasteiger partial charge in [0.1, 0.15) is 0 Å². The SMILES string of the molecule is CNC(=O)CCCn1cc2c(c1)C(=O)CCC2. The smallest absolute Gasteiger partial charge is 0.219 e. The average molecular weight is 234 g/mol. The number of amides is 1. The molecule has 2 rings (SSSR count). The molecule has 0 bridgehead atoms. The number of hydrogen-bond acceptors (Lipinski definition) is 2. The summed E-state index contributed by atoms with van der Waals surface area (Å²) in [4.78, 5) is 22.7. The molecule has 0 saturated heterocycles. The Morgan fingerprint density at radius 2 is 2.24 bits per heavy atom. The molecule has 0 aliphatic heterocycles. The van der Waals surface area contributed by atoms with Crippen LogP contribution in [0.15, 0.2) is 12.4 Å². The molecule has 17 heavy (non-hydrogen) atoms. The van der Waals surface area contributed by atoms with Gasteiger partial charge < -0.3 is 9.88 Å². The quantitative estimate of drug-likeness (QED) is 0.859. The molecule has 1 aliphatic rings. The van der Waals surface area contributed by atoms with Crippen LogP contribution < -0.4 is 5.32 Å². The van der Waals surface area contributed by atoms with Crippen molar-refractivity contribution in [3.63, 3.8) is 0 Å². The Morgan fingerprint density at radius 1 is 1.41 bits per heavy atom. The Kier molecular flexibility index (Phi) is 3.61. The number of fused-ring (bicyclic) bond motifs is 1. The highest BCUT2D eigenvalue weighted by Crippen LogP contribution is 2.22. The van der Waals surface area contributed by atoms with Crippen LogP contribution in [0.1, 0.15) is 41.6 Å². The number of hydrogen-bond donors (Lipinski definition) is 1. The molecular formula is C13H18N2O2. The van der Waals surface area contributed by atoms with Gasteiger partial charge in [0.25, 0.3) is 0 Å². The van der Waals surface area contributed by atoms with E-state index in [4.69, 9.17) is 0 Å². The molecule has 0 unspecified atom stereocenters. The standard InChI is InChI=1S/C13H18N2O2/c1-14-13(17)6-3-7-15-8-10-4-2-5-12(16)11(10)9-15/h8-9H,2-7H2,1H3,(H,14,17). The van der Waals surface area contributed by atoms with Gasteiger partial charge >= 0.3 is 0 Å². The third-order valence-electron chi connectivity index (χ3n) is 3.21. The zero-order chi connectivity index (χ0) is 12.3. The summed E-state index contributed by atoms with van der Waals surface area (Å²) in [6.07, 6.45) is 7.97. The molecule has 1 heterocycles. The lowest BCUT2D eigenvalue weighted by Crippen LogP contribution is -2.17. The van der Waals surface area contributed by atoms with Crippen LogP contribution in [-0.2, 0) is 17.8 Å². The van der Waals surface area contributed by atoms with Crippen molar-refractivity contribution in [1.29, 1.82) is 0 Å². The van der Waals surface area contributed by atoms with E-state index in [2.05, 4.69) is 11.5 Å². The largest absolute Gasteiger partial charge is 0.359 e. The number of Topliss-reactive ketones (excluding diaryl/α,β-unsaturated/α-hetero) is 1. The molecule has 1 aliphatic carbocycles. The van der Waals surface area contributed by atoms with E-state index in [9.17, 15) is 9.59 Å². The lowest BCUT2D eigenvalue weighted by Gasteiger charge is -2.07. The Hall–Kier alpha value is -1.58. The molecular weight excluding hydrogens is 216 g/mol. The highest BCUT2D eigenvalue weighted by Gasteiger charge is 2.18. The monoisotopic (exact) mass is 234 g/mol. The van der Waals surface area contributed by atoms with E-state index in [1.165, 1.54) is 5.56 Å². The summed E-state index contributed by atoms with van der Waals surface area (Å²) in [7, 11) is 1.65. The second kappa shape index (κ2) is 5.17. The molecule has 0 radical (unpaired) electrons. The Morgan fingerprint density at radius 3 is 2.94 bits per heavy atom. The van der Waals surface area contributed by atoms with Crippen LogP contribution in [0.3, 0.4) is 0 Å². The lowest BCUT2D eigenvalue weighted by molar-refractivity contribution is -0.120. The summed E-state index contributed by atoms with van der Waals surface area (Å²) >= 11 is 0. The molecule has 4 heteroatoms. The number of nitrogens with one attached hydrogen (secondary N) is 1. The predicted molar refractivity (Wildman–Crippen MR) is 65.0 cm³/mol. The van der Waals surface area contributed by atoms with Crippen LogP contribution in [0.4, 0.5) is 0 Å². The zero-order valence-corrected chi connectivity index (χ0v) is 10.2. The van der Waals surface area contributed by atoms with Gasteiger partial charge in [0.05, 0.1) is 0 Å². The minimum atomic E-state index is 0.0676. The van der Waals surface area contributed by atoms with Crippen molar-refractivity contribution in [2.45, 2.75) is 38.6 Å². The molecule has 4 nitrogen and oxygen atoms in total. The number of aryl methyl sites for hydroxylation is 2. The summed E-state index contributed by atoms with van der Waals surface area (Å²) < 4.78 is 2.04. The minimum absolute atomic E-state index is 0.0676. The van der Waals surface area contributed by atoms with Crippen LogP contribution in [0.5, 0.6) is 0 Å². The van der Waals surface area contributed by atoms with Crippen LogP contribution in [-0.4, -0.2) is 23.3 Å². The lowest BCUT2D eigenvalue weighted by atomic mass is 9.95. The highest BCUT2D eigenvalue weighted by atomic mass is 16.1. The van der Waals surface area contributed by atoms with Crippen molar-refractivity contribution in [1.82, 2.24) is 9.88 Å². The molecule has 0 aromatic carbocycles. The summed E-state index contributed by atoms with van der Waals surface area (Å²) in [6.45, 7) is 0.799. The first-order valence-corrected chi connectivity index (χ1v) is 6.13. The molecule has 0 atom stereocenters. The van der Waals surface area contributed by atoms with Gasteiger partial charge in [-0.25, -0.2) is 0 Å². The van der Waals surface area contributed by atoms with Gasteiger partial charge in [-0.15, -0.1) is 0 Å². The third kappa shape index (κ3) is 2.75. The zero-order valence-electron chi connectivity index (χ0n) is 10.2. The third-order valence-corrected chi connectivity index (χ3v) is 3.21. The van der Waals surface area contributed by atoms with Gasteiger partial charge in [0.2, 0.25) is 5.91 Å². The topological polar surface area (TPSA) is 51.1 Å². The second-order valence-corrected chi connectivity index (χ2v) is 4.49. The van der Waals surface area contributed by atoms with E-state index in [0.717, 1.165) is 31.4 Å². The highest BCUT2D eigenvalue weighted by molar-refractivity contribution is 5.98. The molecule has 1 N–H and O–H groups in total. The first kappa shape index (κ1) is 11.9. The van der Waals surface area contributed by atoms with Crippen molar-refractivity contribution in [2.75, 3.05) is 7.05 Å². The first-order valence-electron chi connectivity index (χ1n) is 6.13. The van der Waals surface area contributed by atoms with Gasteiger partial charge in [-0.1, -0.05) is 0 Å². The summed E-state index contributed by atoms with van der Waals surface area (Å²) in [6, 6.07) is 0. The van der Waals surface area contributed by atoms with Gasteiger partial charge in [-0.2, -0.15) is 0 Å². The summed E-state index contributed by atoms with van der Waals surface area (Å²) in [5, 5.41) is 2.60. The summed E-state index contributed by atoms with van der Waals surface area (Å²) in [5.41, 5.74) is 2.05. The molecule has 1 aromatic heterocycles. The molecule has 0 fully saturated rings. The molecule has 0 saturated carbocycles. The number of nitrogens with zero attached hydrogens (tertiary/aromatic N) is 1. The van der Waals surface area contributed by atoms with E-state index in [-0.39, 0.29) is 11.7 Å². The molecule has 1 aromatic rings. The fraction of sp³-hybridized carbons (Fsp3) is 0.538. The van der Waals surface area contributed by atoms with Gasteiger partial charge in [0.15, 0.2) is 5.78 Å². The van der Waals surface area contributed by atoms with Crippen LogP contribution >= 0.6 is 0 Å². The minimum Gasteiger partial charge on any atom is -0.359 e. The number of ketones is 1. The van der Waals surface area contributed by atoms with E-state index in [1.54, 1.807) is 7.05 Å². The van der Waals surface area contributed by atoms with E-state index in [1.807, 2.05) is 10.8 Å². The van der Waals surface area contributed by atoms with Crippen molar-refractivity contribution in [2.24, 2.45) is 0 Å². The van der Waals surface area contributed by atoms with Crippen LogP contribution in [0, 0.1) is 0 Å². The van der Waals surface area contributed by atoms with Gasteiger partial charge in [0, 0.05) is 44.4 Å². The Labute approximate surface area is 101 Å². The molecule has 92 valence electrons. The van der Waals surface area contributed by atoms with E-state index in [0.29, 0.717) is 12.8 Å². The number of rotatable bonds is 4. The fourth-order valence-corrected chi connectivity index (χ4v) is 2.26. The fourth-order valence-electron chi connectivity index (χ4n) is 2.26. The Bertz CT molecular complexity index is 435. The Balaban J connectivity index is 1.94. The van der Waals surface area contributed by atoms with Crippen molar-refractivity contribution >= 4 is 11.7 Å². The maximum absolute atomic E-state index is 11.6. The number of carbonyl (C=O) groups is 2. The van der Waals surface area contributed by atoms with Crippen molar-refractivity contribution < 1.29 is 9.59 Å². The maximum atomic E-state index is 11.6. The normalized spacial score (nSPS) is 14.5. The van der Waals surface area contributed by atoms with Crippen LogP contribution in [0.2, 0.25) is 0 Å². The van der Waals surface area contributed by atoms with Crippen molar-refractivity contribution in [3.05, 3.63) is 23.5 Å². The number of aromatic nitrogens is 1. The maximum Gasteiger partial charge on any atom is 0.219 e. The van der Waals surface area contributed by atoms with Gasteiger partial charge in [-0.05, 0) is 24.8 Å². The molecule has 0 spiro atoms. The van der Waals surface area contributed by atoms with Gasteiger partial charge in [-0.3, -0.25) is 9.59 Å². The average Bonchev–Trinajstić information content (AvgIpc) is 2.73. The first-order chi connectivity index (χ1) is 8.20. The summed E-state index contributed by atoms with van der Waals surface area (Å²) in [5.74, 6) is 0.328. The molecule has 1 amide bonds. The van der Waals surface area contributed by atoms with E-state index >= 15 is 0 Å². The van der Waals surface area contributed by atoms with E-state index < -0.39 is 0 Å². The second-order valence-electron chi connectivity index (χ2n) is 4.49. The van der Waals surface area contributed by atoms with Crippen LogP contribution in [0.25, 0.3) is 0 Å². The predicted octanol–water partition coefficient (Wildman–Crippen LogP) is 1.53.